The van der Waals surface area contributed by atoms with Crippen LogP contribution >= 0.6 is 0 Å². The van der Waals surface area contributed by atoms with Crippen molar-refractivity contribution in [1.29, 1.82) is 5.26 Å². The Kier molecular flexibility index (Phi) is 6.02. The van der Waals surface area contributed by atoms with Crippen LogP contribution in [-0.4, -0.2) is 69.3 Å². The molecule has 8 heteroatoms. The molecule has 2 aliphatic heterocycles. The molecule has 1 aromatic carbocycles. The van der Waals surface area contributed by atoms with Gasteiger partial charge in [0.15, 0.2) is 9.84 Å². The van der Waals surface area contributed by atoms with Crippen LogP contribution < -0.4 is 5.32 Å². The zero-order valence-corrected chi connectivity index (χ0v) is 16.4. The maximum atomic E-state index is 12.4. The Morgan fingerprint density at radius 1 is 1.19 bits per heavy atom. The number of likely N-dealkylation sites (tertiary alicyclic amines) is 2. The van der Waals surface area contributed by atoms with Gasteiger partial charge in [0.1, 0.15) is 0 Å². The minimum absolute atomic E-state index is 0.0203. The molecule has 2 fully saturated rings. The second kappa shape index (κ2) is 8.28. The standard InChI is InChI=1S/C19H26N4O3S/c1-2-21-19(24)23-13-16-11-22(12-17(16)14-23)8-3-9-27(25,26)18-6-4-15(10-20)5-7-18/h4-7,16-17H,2-3,8-9,11-14H2,1H3,(H,21,24). The number of nitriles is 1. The van der Waals surface area contributed by atoms with Gasteiger partial charge < -0.3 is 15.1 Å². The molecule has 1 N–H and O–H groups in total. The van der Waals surface area contributed by atoms with Crippen molar-refractivity contribution in [3.05, 3.63) is 29.8 Å². The molecule has 2 heterocycles. The van der Waals surface area contributed by atoms with Crippen molar-refractivity contribution in [3.8, 4) is 6.07 Å². The summed E-state index contributed by atoms with van der Waals surface area (Å²) in [6, 6.07) is 8.09. The van der Waals surface area contributed by atoms with Crippen LogP contribution in [0.5, 0.6) is 0 Å². The molecule has 0 bridgehead atoms. The van der Waals surface area contributed by atoms with Crippen LogP contribution in [-0.2, 0) is 9.84 Å². The van der Waals surface area contributed by atoms with Crippen LogP contribution in [0.2, 0.25) is 0 Å². The normalized spacial score (nSPS) is 22.4. The largest absolute Gasteiger partial charge is 0.338 e. The van der Waals surface area contributed by atoms with Crippen molar-refractivity contribution in [1.82, 2.24) is 15.1 Å². The van der Waals surface area contributed by atoms with Crippen molar-refractivity contribution >= 4 is 15.9 Å². The zero-order valence-electron chi connectivity index (χ0n) is 15.6. The van der Waals surface area contributed by atoms with Crippen LogP contribution in [0, 0.1) is 23.2 Å². The molecule has 2 atom stereocenters. The highest BCUT2D eigenvalue weighted by molar-refractivity contribution is 7.91. The Hall–Kier alpha value is -2.11. The highest BCUT2D eigenvalue weighted by Gasteiger charge is 2.41. The number of benzene rings is 1. The van der Waals surface area contributed by atoms with Gasteiger partial charge in [-0.25, -0.2) is 13.2 Å². The molecule has 146 valence electrons. The molecule has 0 aromatic heterocycles. The maximum absolute atomic E-state index is 12.4. The fourth-order valence-corrected chi connectivity index (χ4v) is 5.33. The molecule has 0 saturated carbocycles. The van der Waals surface area contributed by atoms with Crippen LogP contribution in [0.15, 0.2) is 29.2 Å². The van der Waals surface area contributed by atoms with Gasteiger partial charge in [0.2, 0.25) is 0 Å². The van der Waals surface area contributed by atoms with E-state index in [1.807, 2.05) is 17.9 Å². The van der Waals surface area contributed by atoms with E-state index in [0.717, 1.165) is 32.7 Å². The summed E-state index contributed by atoms with van der Waals surface area (Å²) in [5.41, 5.74) is 0.458. The first kappa shape index (κ1) is 19.6. The Morgan fingerprint density at radius 2 is 1.81 bits per heavy atom. The average molecular weight is 391 g/mol. The lowest BCUT2D eigenvalue weighted by Crippen LogP contribution is -2.40. The summed E-state index contributed by atoms with van der Waals surface area (Å²) < 4.78 is 24.9. The van der Waals surface area contributed by atoms with E-state index in [4.69, 9.17) is 5.26 Å². The number of amides is 2. The van der Waals surface area contributed by atoms with Gasteiger partial charge in [-0.05, 0) is 56.0 Å². The number of hydrogen-bond donors (Lipinski definition) is 1. The molecule has 0 radical (unpaired) electrons. The molecule has 2 saturated heterocycles. The lowest BCUT2D eigenvalue weighted by molar-refractivity contribution is 0.200. The third-order valence-electron chi connectivity index (χ3n) is 5.41. The Bertz CT molecular complexity index is 802. The quantitative estimate of drug-likeness (QED) is 0.791. The zero-order chi connectivity index (χ0) is 19.4. The summed E-state index contributed by atoms with van der Waals surface area (Å²) in [6.45, 7) is 6.75. The number of hydrogen-bond acceptors (Lipinski definition) is 5. The molecule has 2 amide bonds. The minimum atomic E-state index is -3.32. The summed E-state index contributed by atoms with van der Waals surface area (Å²) in [7, 11) is -3.32. The summed E-state index contributed by atoms with van der Waals surface area (Å²) in [5, 5.41) is 11.7. The first-order valence-corrected chi connectivity index (χ1v) is 11.1. The van der Waals surface area contributed by atoms with Crippen molar-refractivity contribution in [2.75, 3.05) is 45.0 Å². The fourth-order valence-electron chi connectivity index (χ4n) is 4.03. The summed E-state index contributed by atoms with van der Waals surface area (Å²) in [5.74, 6) is 1.08. The van der Waals surface area contributed by atoms with Gasteiger partial charge in [-0.15, -0.1) is 0 Å². The molecule has 7 nitrogen and oxygen atoms in total. The number of carbonyl (C=O) groups is 1. The van der Waals surface area contributed by atoms with E-state index in [0.29, 0.717) is 30.4 Å². The third kappa shape index (κ3) is 4.60. The van der Waals surface area contributed by atoms with E-state index >= 15 is 0 Å². The van der Waals surface area contributed by atoms with Crippen molar-refractivity contribution in [3.63, 3.8) is 0 Å². The fraction of sp³-hybridized carbons (Fsp3) is 0.579. The lowest BCUT2D eigenvalue weighted by Gasteiger charge is -2.21. The second-order valence-corrected chi connectivity index (χ2v) is 9.44. The topological polar surface area (TPSA) is 93.5 Å². The van der Waals surface area contributed by atoms with Crippen LogP contribution in [0.1, 0.15) is 18.9 Å². The van der Waals surface area contributed by atoms with Crippen LogP contribution in [0.3, 0.4) is 0 Å². The number of carbonyl (C=O) groups excluding carboxylic acids is 1. The monoisotopic (exact) mass is 390 g/mol. The Balaban J connectivity index is 1.44. The van der Waals surface area contributed by atoms with E-state index in [-0.39, 0.29) is 16.7 Å². The van der Waals surface area contributed by atoms with Gasteiger partial charge in [0.25, 0.3) is 0 Å². The molecule has 2 unspecified atom stereocenters. The number of nitrogens with one attached hydrogen (secondary N) is 1. The van der Waals surface area contributed by atoms with Gasteiger partial charge in [-0.3, -0.25) is 0 Å². The maximum Gasteiger partial charge on any atom is 0.317 e. The molecular formula is C19H26N4O3S. The molecule has 3 rings (SSSR count). The summed E-state index contributed by atoms with van der Waals surface area (Å²) in [4.78, 5) is 16.4. The highest BCUT2D eigenvalue weighted by Crippen LogP contribution is 2.31. The Morgan fingerprint density at radius 3 is 2.37 bits per heavy atom. The summed E-state index contributed by atoms with van der Waals surface area (Å²) in [6.07, 6.45) is 0.585. The number of sulfone groups is 1. The van der Waals surface area contributed by atoms with E-state index in [9.17, 15) is 13.2 Å². The SMILES string of the molecule is CCNC(=O)N1CC2CN(CCCS(=O)(=O)c3ccc(C#N)cc3)CC2C1. The smallest absolute Gasteiger partial charge is 0.317 e. The lowest BCUT2D eigenvalue weighted by atomic mass is 10.0. The molecule has 27 heavy (non-hydrogen) atoms. The van der Waals surface area contributed by atoms with E-state index in [2.05, 4.69) is 10.2 Å². The van der Waals surface area contributed by atoms with Gasteiger partial charge in [-0.1, -0.05) is 0 Å². The third-order valence-corrected chi connectivity index (χ3v) is 7.22. The first-order chi connectivity index (χ1) is 12.9. The number of nitrogens with zero attached hydrogens (tertiary/aromatic N) is 3. The van der Waals surface area contributed by atoms with Crippen molar-refractivity contribution < 1.29 is 13.2 Å². The summed E-state index contributed by atoms with van der Waals surface area (Å²) >= 11 is 0. The highest BCUT2D eigenvalue weighted by atomic mass is 32.2. The van der Waals surface area contributed by atoms with Gasteiger partial charge >= 0.3 is 6.03 Å². The van der Waals surface area contributed by atoms with E-state index in [1.54, 1.807) is 0 Å². The van der Waals surface area contributed by atoms with Crippen molar-refractivity contribution in [2.24, 2.45) is 11.8 Å². The first-order valence-electron chi connectivity index (χ1n) is 9.41. The van der Waals surface area contributed by atoms with E-state index < -0.39 is 9.84 Å². The number of urea groups is 1. The van der Waals surface area contributed by atoms with Gasteiger partial charge in [0, 0.05) is 32.7 Å². The molecule has 2 aliphatic rings. The van der Waals surface area contributed by atoms with Crippen LogP contribution in [0.25, 0.3) is 0 Å². The predicted molar refractivity (Wildman–Crippen MR) is 102 cm³/mol. The molecule has 0 spiro atoms. The predicted octanol–water partition coefficient (Wildman–Crippen LogP) is 1.32. The number of fused-ring (bicyclic) bond motifs is 1. The molecule has 1 aromatic rings. The average Bonchev–Trinajstić information content (AvgIpc) is 3.20. The molecular weight excluding hydrogens is 364 g/mol. The van der Waals surface area contributed by atoms with Gasteiger partial charge in [-0.2, -0.15) is 5.26 Å². The van der Waals surface area contributed by atoms with Crippen LogP contribution in [0.4, 0.5) is 4.79 Å². The van der Waals surface area contributed by atoms with Crippen molar-refractivity contribution in [2.45, 2.75) is 18.2 Å². The van der Waals surface area contributed by atoms with Gasteiger partial charge in [0.05, 0.1) is 22.3 Å². The second-order valence-electron chi connectivity index (χ2n) is 7.33. The Labute approximate surface area is 160 Å². The van der Waals surface area contributed by atoms with E-state index in [1.165, 1.54) is 24.3 Å². The molecule has 0 aliphatic carbocycles. The number of rotatable bonds is 6. The minimum Gasteiger partial charge on any atom is -0.338 e.